The molecule has 2 rings (SSSR count). The zero-order valence-electron chi connectivity index (χ0n) is 26.0. The predicted octanol–water partition coefficient (Wildman–Crippen LogP) is 9.30. The largest absolute Gasteiger partial charge is 0.493 e. The molecule has 0 saturated heterocycles. The van der Waals surface area contributed by atoms with Crippen LogP contribution in [0.5, 0.6) is 5.75 Å². The zero-order chi connectivity index (χ0) is 28.7. The van der Waals surface area contributed by atoms with Crippen molar-refractivity contribution < 1.29 is 18.8 Å². The maximum absolute atomic E-state index is 12.2. The fourth-order valence-corrected chi connectivity index (χ4v) is 5.20. The minimum absolute atomic E-state index is 0.104. The number of quaternary nitrogens is 1. The van der Waals surface area contributed by atoms with Crippen LogP contribution in [0, 0.1) is 0 Å². The van der Waals surface area contributed by atoms with Crippen molar-refractivity contribution >= 4 is 5.97 Å². The molecule has 0 saturated carbocycles. The lowest BCUT2D eigenvalue weighted by molar-refractivity contribution is -0.903. The van der Waals surface area contributed by atoms with E-state index in [-0.39, 0.29) is 5.97 Å². The van der Waals surface area contributed by atoms with Crippen molar-refractivity contribution in [1.29, 1.82) is 0 Å². The number of carbonyl (C=O) groups excluding carboxylic acids is 1. The molecular weight excluding hydrogens is 494 g/mol. The van der Waals surface area contributed by atoms with Crippen LogP contribution in [0.2, 0.25) is 0 Å². The van der Waals surface area contributed by atoms with Gasteiger partial charge in [-0.25, -0.2) is 0 Å². The van der Waals surface area contributed by atoms with E-state index in [2.05, 4.69) is 69.6 Å². The van der Waals surface area contributed by atoms with Gasteiger partial charge in [0.05, 0.1) is 40.3 Å². The highest BCUT2D eigenvalue weighted by atomic mass is 16.5. The second kappa shape index (κ2) is 21.4. The third-order valence-corrected chi connectivity index (χ3v) is 7.71. The second-order valence-electron chi connectivity index (χ2n) is 12.1. The van der Waals surface area contributed by atoms with Crippen molar-refractivity contribution in [2.24, 2.45) is 0 Å². The van der Waals surface area contributed by atoms with Gasteiger partial charge in [0, 0.05) is 5.56 Å². The summed E-state index contributed by atoms with van der Waals surface area (Å²) in [7, 11) is 4.32. The average molecular weight is 553 g/mol. The van der Waals surface area contributed by atoms with Crippen LogP contribution in [0.1, 0.15) is 114 Å². The van der Waals surface area contributed by atoms with E-state index in [1.54, 1.807) is 0 Å². The first-order valence-electron chi connectivity index (χ1n) is 16.2. The Morgan fingerprint density at radius 3 is 1.93 bits per heavy atom. The molecule has 0 unspecified atom stereocenters. The topological polar surface area (TPSA) is 35.5 Å². The average Bonchev–Trinajstić information content (AvgIpc) is 2.95. The fraction of sp³-hybridized carbons (Fsp3) is 0.639. The molecule has 0 heterocycles. The summed E-state index contributed by atoms with van der Waals surface area (Å²) in [5.41, 5.74) is 2.61. The van der Waals surface area contributed by atoms with E-state index >= 15 is 0 Å². The summed E-state index contributed by atoms with van der Waals surface area (Å²) < 4.78 is 12.4. The Morgan fingerprint density at radius 2 is 1.25 bits per heavy atom. The molecule has 0 aromatic heterocycles. The minimum Gasteiger partial charge on any atom is -0.493 e. The zero-order valence-corrected chi connectivity index (χ0v) is 26.0. The lowest BCUT2D eigenvalue weighted by Gasteiger charge is -2.29. The standard InChI is InChI=1S/C36H58NO3/c1-4-5-6-7-8-9-10-11-12-13-14-18-25-34-26-19-20-27-35(34)39-30-21-22-31-40-36(38)28-29-37(2,3)32-33-23-16-15-17-24-33/h15-17,19-20,23-24,26-27H,4-14,18,21-22,25,28-32H2,1-3H3/q+1. The summed E-state index contributed by atoms with van der Waals surface area (Å²) in [4.78, 5) is 12.2. The lowest BCUT2D eigenvalue weighted by Crippen LogP contribution is -2.40. The highest BCUT2D eigenvalue weighted by Crippen LogP contribution is 2.21. The molecule has 224 valence electrons. The van der Waals surface area contributed by atoms with E-state index < -0.39 is 0 Å². The number of carbonyl (C=O) groups is 1. The van der Waals surface area contributed by atoms with E-state index in [9.17, 15) is 4.79 Å². The van der Waals surface area contributed by atoms with Gasteiger partial charge in [0.15, 0.2) is 0 Å². The van der Waals surface area contributed by atoms with Crippen LogP contribution >= 0.6 is 0 Å². The first-order valence-corrected chi connectivity index (χ1v) is 16.2. The SMILES string of the molecule is CCCCCCCCCCCCCCc1ccccc1OCCCCOC(=O)CC[N+](C)(C)Cc1ccccc1. The Balaban J connectivity index is 1.49. The van der Waals surface area contributed by atoms with Gasteiger partial charge < -0.3 is 14.0 Å². The van der Waals surface area contributed by atoms with E-state index in [0.29, 0.717) is 19.6 Å². The van der Waals surface area contributed by atoms with Gasteiger partial charge >= 0.3 is 5.97 Å². The number of para-hydroxylation sites is 1. The molecule has 0 aliphatic carbocycles. The molecule has 0 amide bonds. The number of benzene rings is 2. The molecule has 2 aromatic carbocycles. The highest BCUT2D eigenvalue weighted by molar-refractivity contribution is 5.69. The van der Waals surface area contributed by atoms with Crippen molar-refractivity contribution in [1.82, 2.24) is 0 Å². The summed E-state index contributed by atoms with van der Waals surface area (Å²) in [5, 5.41) is 0. The lowest BCUT2D eigenvalue weighted by atomic mass is 10.0. The molecule has 40 heavy (non-hydrogen) atoms. The fourth-order valence-electron chi connectivity index (χ4n) is 5.20. The van der Waals surface area contributed by atoms with Crippen molar-refractivity contribution in [2.45, 2.75) is 116 Å². The van der Waals surface area contributed by atoms with Crippen LogP contribution in [-0.2, 0) is 22.5 Å². The number of hydrogen-bond acceptors (Lipinski definition) is 3. The summed E-state index contributed by atoms with van der Waals surface area (Å²) in [5.74, 6) is 0.911. The first-order chi connectivity index (χ1) is 19.5. The summed E-state index contributed by atoms with van der Waals surface area (Å²) in [6.07, 6.45) is 19.8. The molecule has 2 aromatic rings. The Bertz CT molecular complexity index is 896. The molecule has 4 heteroatoms. The van der Waals surface area contributed by atoms with Gasteiger partial charge in [-0.05, 0) is 37.3 Å². The van der Waals surface area contributed by atoms with Crippen molar-refractivity contribution in [3.8, 4) is 5.75 Å². The Morgan fingerprint density at radius 1 is 0.675 bits per heavy atom. The summed E-state index contributed by atoms with van der Waals surface area (Å²) in [6, 6.07) is 18.9. The molecule has 0 fully saturated rings. The van der Waals surface area contributed by atoms with Crippen molar-refractivity contribution in [3.05, 3.63) is 65.7 Å². The summed E-state index contributed by atoms with van der Waals surface area (Å²) in [6.45, 7) is 5.09. The number of hydrogen-bond donors (Lipinski definition) is 0. The number of esters is 1. The third kappa shape index (κ3) is 16.7. The molecule has 0 atom stereocenters. The molecule has 0 spiro atoms. The number of rotatable bonds is 24. The Labute approximate surface area is 246 Å². The highest BCUT2D eigenvalue weighted by Gasteiger charge is 2.18. The van der Waals surface area contributed by atoms with Gasteiger partial charge in [-0.15, -0.1) is 0 Å². The molecule has 4 nitrogen and oxygen atoms in total. The maximum atomic E-state index is 12.2. The maximum Gasteiger partial charge on any atom is 0.311 e. The Kier molecular flexibility index (Phi) is 18.1. The van der Waals surface area contributed by atoms with Crippen LogP contribution in [0.3, 0.4) is 0 Å². The molecule has 0 N–H and O–H groups in total. The second-order valence-corrected chi connectivity index (χ2v) is 12.1. The van der Waals surface area contributed by atoms with Gasteiger partial charge in [0.25, 0.3) is 0 Å². The number of nitrogens with zero attached hydrogens (tertiary/aromatic N) is 1. The van der Waals surface area contributed by atoms with E-state index in [1.807, 2.05) is 6.07 Å². The van der Waals surface area contributed by atoms with Crippen LogP contribution < -0.4 is 4.74 Å². The van der Waals surface area contributed by atoms with E-state index in [4.69, 9.17) is 9.47 Å². The molecular formula is C36H58NO3+. The van der Waals surface area contributed by atoms with Crippen LogP contribution in [-0.4, -0.2) is 44.3 Å². The van der Waals surface area contributed by atoms with Gasteiger partial charge in [-0.3, -0.25) is 4.79 Å². The number of unbranched alkanes of at least 4 members (excludes halogenated alkanes) is 12. The first kappa shape index (κ1) is 33.9. The third-order valence-electron chi connectivity index (χ3n) is 7.71. The van der Waals surface area contributed by atoms with Crippen molar-refractivity contribution in [3.63, 3.8) is 0 Å². The number of ether oxygens (including phenoxy) is 2. The normalized spacial score (nSPS) is 11.5. The smallest absolute Gasteiger partial charge is 0.311 e. The van der Waals surface area contributed by atoms with Gasteiger partial charge in [-0.2, -0.15) is 0 Å². The van der Waals surface area contributed by atoms with Gasteiger partial charge in [-0.1, -0.05) is 126 Å². The van der Waals surface area contributed by atoms with Gasteiger partial charge in [0.1, 0.15) is 12.3 Å². The van der Waals surface area contributed by atoms with E-state index in [0.717, 1.165) is 42.6 Å². The van der Waals surface area contributed by atoms with Crippen LogP contribution in [0.15, 0.2) is 54.6 Å². The molecule has 0 radical (unpaired) electrons. The van der Waals surface area contributed by atoms with Crippen molar-refractivity contribution in [2.75, 3.05) is 33.9 Å². The van der Waals surface area contributed by atoms with E-state index in [1.165, 1.54) is 88.2 Å². The number of aryl methyl sites for hydroxylation is 1. The molecule has 0 aliphatic heterocycles. The van der Waals surface area contributed by atoms with Crippen LogP contribution in [0.25, 0.3) is 0 Å². The van der Waals surface area contributed by atoms with Gasteiger partial charge in [0.2, 0.25) is 0 Å². The minimum atomic E-state index is -0.104. The Hall–Kier alpha value is -2.33. The summed E-state index contributed by atoms with van der Waals surface area (Å²) >= 11 is 0. The van der Waals surface area contributed by atoms with Crippen LogP contribution in [0.4, 0.5) is 0 Å². The predicted molar refractivity (Wildman–Crippen MR) is 169 cm³/mol. The molecule has 0 bridgehead atoms. The monoisotopic (exact) mass is 552 g/mol. The molecule has 0 aliphatic rings. The quantitative estimate of drug-likeness (QED) is 0.0739.